The SMILES string of the molecule is CC(C)c1nnc(CN[C@@H](C)c2ncc(-c3ccccc3)o2)o1. The van der Waals surface area contributed by atoms with Crippen molar-refractivity contribution < 1.29 is 8.83 Å². The monoisotopic (exact) mass is 312 g/mol. The third kappa shape index (κ3) is 3.65. The van der Waals surface area contributed by atoms with Crippen LogP contribution in [0.2, 0.25) is 0 Å². The van der Waals surface area contributed by atoms with Gasteiger partial charge in [0.2, 0.25) is 17.7 Å². The van der Waals surface area contributed by atoms with Gasteiger partial charge in [-0.25, -0.2) is 4.98 Å². The van der Waals surface area contributed by atoms with E-state index in [4.69, 9.17) is 8.83 Å². The van der Waals surface area contributed by atoms with Gasteiger partial charge in [-0.3, -0.25) is 5.32 Å². The fourth-order valence-electron chi connectivity index (χ4n) is 2.12. The molecular weight excluding hydrogens is 292 g/mol. The van der Waals surface area contributed by atoms with Crippen LogP contribution in [-0.2, 0) is 6.54 Å². The molecule has 0 unspecified atom stereocenters. The minimum atomic E-state index is -0.0538. The van der Waals surface area contributed by atoms with Crippen molar-refractivity contribution in [3.05, 3.63) is 54.2 Å². The van der Waals surface area contributed by atoms with Gasteiger partial charge < -0.3 is 8.83 Å². The van der Waals surface area contributed by atoms with Crippen LogP contribution in [0.15, 0.2) is 45.4 Å². The zero-order valence-electron chi connectivity index (χ0n) is 13.5. The first kappa shape index (κ1) is 15.4. The van der Waals surface area contributed by atoms with Gasteiger partial charge in [0.1, 0.15) is 0 Å². The Hall–Kier alpha value is -2.47. The molecule has 23 heavy (non-hydrogen) atoms. The highest BCUT2D eigenvalue weighted by molar-refractivity contribution is 5.55. The van der Waals surface area contributed by atoms with E-state index in [0.29, 0.717) is 24.2 Å². The Morgan fingerprint density at radius 3 is 2.48 bits per heavy atom. The molecule has 0 aliphatic rings. The van der Waals surface area contributed by atoms with Gasteiger partial charge in [-0.15, -0.1) is 10.2 Å². The summed E-state index contributed by atoms with van der Waals surface area (Å²) in [5, 5.41) is 11.3. The van der Waals surface area contributed by atoms with E-state index in [0.717, 1.165) is 11.3 Å². The van der Waals surface area contributed by atoms with Crippen molar-refractivity contribution >= 4 is 0 Å². The summed E-state index contributed by atoms with van der Waals surface area (Å²) in [6.07, 6.45) is 1.74. The highest BCUT2D eigenvalue weighted by Gasteiger charge is 2.15. The number of oxazole rings is 1. The van der Waals surface area contributed by atoms with Crippen molar-refractivity contribution in [3.8, 4) is 11.3 Å². The van der Waals surface area contributed by atoms with Gasteiger partial charge >= 0.3 is 0 Å². The minimum Gasteiger partial charge on any atom is -0.439 e. The highest BCUT2D eigenvalue weighted by atomic mass is 16.4. The van der Waals surface area contributed by atoms with Crippen LogP contribution in [0, 0.1) is 0 Å². The number of nitrogens with one attached hydrogen (secondary N) is 1. The highest BCUT2D eigenvalue weighted by Crippen LogP contribution is 2.22. The van der Waals surface area contributed by atoms with Crippen molar-refractivity contribution in [3.63, 3.8) is 0 Å². The number of rotatable bonds is 6. The Balaban J connectivity index is 1.62. The summed E-state index contributed by atoms with van der Waals surface area (Å²) in [6, 6.07) is 9.85. The molecule has 0 amide bonds. The molecule has 0 radical (unpaired) electrons. The molecule has 6 heteroatoms. The van der Waals surface area contributed by atoms with Gasteiger partial charge in [0, 0.05) is 11.5 Å². The van der Waals surface area contributed by atoms with Crippen molar-refractivity contribution in [1.82, 2.24) is 20.5 Å². The van der Waals surface area contributed by atoms with Gasteiger partial charge in [-0.1, -0.05) is 44.2 Å². The maximum atomic E-state index is 5.82. The maximum absolute atomic E-state index is 5.82. The zero-order valence-corrected chi connectivity index (χ0v) is 13.5. The molecule has 0 aliphatic carbocycles. The lowest BCUT2D eigenvalue weighted by Crippen LogP contribution is -2.18. The van der Waals surface area contributed by atoms with Crippen LogP contribution < -0.4 is 5.32 Å². The van der Waals surface area contributed by atoms with Crippen molar-refractivity contribution in [2.75, 3.05) is 0 Å². The second-order valence-corrected chi connectivity index (χ2v) is 5.72. The normalized spacial score (nSPS) is 12.7. The van der Waals surface area contributed by atoms with E-state index in [2.05, 4.69) is 20.5 Å². The van der Waals surface area contributed by atoms with Crippen LogP contribution in [0.1, 0.15) is 50.4 Å². The van der Waals surface area contributed by atoms with E-state index in [9.17, 15) is 0 Å². The van der Waals surface area contributed by atoms with Crippen molar-refractivity contribution in [1.29, 1.82) is 0 Å². The standard InChI is InChI=1S/C17H20N4O2/c1-11(2)16-21-20-15(23-16)10-18-12(3)17-19-9-14(22-17)13-7-5-4-6-8-13/h4-9,11-12,18H,10H2,1-3H3/t12-/m0/s1. The molecule has 1 aromatic carbocycles. The second kappa shape index (κ2) is 6.75. The Labute approximate surface area is 135 Å². The van der Waals surface area contributed by atoms with Crippen LogP contribution in [-0.4, -0.2) is 15.2 Å². The van der Waals surface area contributed by atoms with Crippen molar-refractivity contribution in [2.24, 2.45) is 0 Å². The predicted molar refractivity (Wildman–Crippen MR) is 85.6 cm³/mol. The Kier molecular flexibility index (Phi) is 4.52. The van der Waals surface area contributed by atoms with E-state index in [1.54, 1.807) is 6.20 Å². The Bertz CT molecular complexity index is 749. The lowest BCUT2D eigenvalue weighted by molar-refractivity contribution is 0.380. The first-order chi connectivity index (χ1) is 11.1. The number of aromatic nitrogens is 3. The summed E-state index contributed by atoms with van der Waals surface area (Å²) in [6.45, 7) is 6.50. The van der Waals surface area contributed by atoms with Crippen molar-refractivity contribution in [2.45, 2.75) is 39.3 Å². The number of nitrogens with zero attached hydrogens (tertiary/aromatic N) is 3. The fourth-order valence-corrected chi connectivity index (χ4v) is 2.12. The van der Waals surface area contributed by atoms with Crippen LogP contribution in [0.25, 0.3) is 11.3 Å². The van der Waals surface area contributed by atoms with Gasteiger partial charge in [0.15, 0.2) is 5.76 Å². The summed E-state index contributed by atoms with van der Waals surface area (Å²) < 4.78 is 11.4. The van der Waals surface area contributed by atoms with E-state index in [-0.39, 0.29) is 12.0 Å². The number of hydrogen-bond acceptors (Lipinski definition) is 6. The fraction of sp³-hybridized carbons (Fsp3) is 0.353. The summed E-state index contributed by atoms with van der Waals surface area (Å²) >= 11 is 0. The average Bonchev–Trinajstić information content (AvgIpc) is 3.23. The molecule has 0 saturated heterocycles. The van der Waals surface area contributed by atoms with Gasteiger partial charge in [0.25, 0.3) is 0 Å². The first-order valence-electron chi connectivity index (χ1n) is 7.70. The van der Waals surface area contributed by atoms with Gasteiger partial charge in [-0.05, 0) is 6.92 Å². The third-order valence-corrected chi connectivity index (χ3v) is 3.49. The predicted octanol–water partition coefficient (Wildman–Crippen LogP) is 3.70. The maximum Gasteiger partial charge on any atom is 0.230 e. The van der Waals surface area contributed by atoms with Gasteiger partial charge in [-0.2, -0.15) is 0 Å². The van der Waals surface area contributed by atoms with Crippen LogP contribution in [0.5, 0.6) is 0 Å². The molecule has 6 nitrogen and oxygen atoms in total. The second-order valence-electron chi connectivity index (χ2n) is 5.72. The van der Waals surface area contributed by atoms with Crippen LogP contribution in [0.4, 0.5) is 0 Å². The summed E-state index contributed by atoms with van der Waals surface area (Å²) in [7, 11) is 0. The van der Waals surface area contributed by atoms with E-state index >= 15 is 0 Å². The summed E-state index contributed by atoms with van der Waals surface area (Å²) in [4.78, 5) is 4.34. The Morgan fingerprint density at radius 2 is 1.78 bits per heavy atom. The number of hydrogen-bond donors (Lipinski definition) is 1. The summed E-state index contributed by atoms with van der Waals surface area (Å²) in [5.41, 5.74) is 1.01. The lowest BCUT2D eigenvalue weighted by Gasteiger charge is -2.07. The molecule has 0 bridgehead atoms. The molecule has 3 rings (SSSR count). The molecule has 0 fully saturated rings. The Morgan fingerprint density at radius 1 is 1.00 bits per heavy atom. The molecule has 3 aromatic rings. The van der Waals surface area contributed by atoms with E-state index in [1.165, 1.54) is 0 Å². The van der Waals surface area contributed by atoms with Gasteiger partial charge in [0.05, 0.1) is 18.8 Å². The van der Waals surface area contributed by atoms with E-state index < -0.39 is 0 Å². The smallest absolute Gasteiger partial charge is 0.230 e. The lowest BCUT2D eigenvalue weighted by atomic mass is 10.2. The largest absolute Gasteiger partial charge is 0.439 e. The topological polar surface area (TPSA) is 77.0 Å². The molecule has 2 aromatic heterocycles. The minimum absolute atomic E-state index is 0.0538. The van der Waals surface area contributed by atoms with Crippen LogP contribution in [0.3, 0.4) is 0 Å². The van der Waals surface area contributed by atoms with E-state index in [1.807, 2.05) is 51.1 Å². The molecule has 2 heterocycles. The molecule has 0 saturated carbocycles. The molecule has 0 aliphatic heterocycles. The summed E-state index contributed by atoms with van der Waals surface area (Å²) in [5.74, 6) is 2.84. The quantitative estimate of drug-likeness (QED) is 0.748. The molecule has 1 atom stereocenters. The zero-order chi connectivity index (χ0) is 16.2. The third-order valence-electron chi connectivity index (χ3n) is 3.49. The molecule has 0 spiro atoms. The molecular formula is C17H20N4O2. The first-order valence-corrected chi connectivity index (χ1v) is 7.70. The number of benzene rings is 1. The molecule has 120 valence electrons. The molecule has 1 N–H and O–H groups in total. The average molecular weight is 312 g/mol. The van der Waals surface area contributed by atoms with Crippen LogP contribution >= 0.6 is 0 Å².